The second kappa shape index (κ2) is 10.1. The molecule has 8 bridgehead atoms. The van der Waals surface area contributed by atoms with Crippen molar-refractivity contribution in [3.63, 3.8) is 0 Å². The number of hydrogen-bond acceptors (Lipinski definition) is 3. The number of nitrogens with one attached hydrogen (secondary N) is 2. The van der Waals surface area contributed by atoms with Gasteiger partial charge in [0.2, 0.25) is 0 Å². The van der Waals surface area contributed by atoms with Crippen LogP contribution in [0.3, 0.4) is 0 Å². The molecule has 0 spiro atoms. The van der Waals surface area contributed by atoms with E-state index in [4.69, 9.17) is 4.74 Å². The van der Waals surface area contributed by atoms with E-state index in [1.54, 1.807) is 0 Å². The summed E-state index contributed by atoms with van der Waals surface area (Å²) < 4.78 is 5.34. The van der Waals surface area contributed by atoms with E-state index in [0.29, 0.717) is 6.61 Å². The van der Waals surface area contributed by atoms with Crippen LogP contribution in [-0.4, -0.2) is 26.5 Å². The van der Waals surface area contributed by atoms with Gasteiger partial charge in [0.05, 0.1) is 22.8 Å². The summed E-state index contributed by atoms with van der Waals surface area (Å²) in [7, 11) is 0. The molecule has 4 aromatic rings. The van der Waals surface area contributed by atoms with Crippen LogP contribution in [0.4, 0.5) is 0 Å². The van der Waals surface area contributed by atoms with Gasteiger partial charge in [0.1, 0.15) is 12.4 Å². The molecule has 0 saturated carbocycles. The van der Waals surface area contributed by atoms with E-state index in [-0.39, 0.29) is 19.5 Å². The quantitative estimate of drug-likeness (QED) is 0.224. The number of benzene rings is 1. The minimum Gasteiger partial charge on any atom is -0.489 e. The number of hydrogen-bond donors (Lipinski definition) is 2. The third-order valence-corrected chi connectivity index (χ3v) is 5.59. The molecule has 0 aliphatic carbocycles. The minimum absolute atomic E-state index is 0. The molecule has 0 atom stereocenters. The van der Waals surface area contributed by atoms with Gasteiger partial charge in [-0.2, -0.15) is 0 Å². The molecule has 5 nitrogen and oxygen atoms in total. The third-order valence-electron chi connectivity index (χ3n) is 5.59. The number of H-pyrrole nitrogens is 2. The molecule has 3 aromatic heterocycles. The largest absolute Gasteiger partial charge is 0.489 e. The number of fused-ring (bicyclic) bond motifs is 9. The zero-order valence-corrected chi connectivity index (χ0v) is 22.1. The SMILES string of the molecule is C1=Cc2cc3ccc(cc4nc(cc5ccc(cc1n2)[nH]5)C=C4)[nH]3.C1=Cc2ccccc2OC1.[Zn]. The molecule has 7 rings (SSSR count). The molecule has 1 aromatic carbocycles. The molecule has 0 radical (unpaired) electrons. The third kappa shape index (κ3) is 5.39. The van der Waals surface area contributed by atoms with E-state index < -0.39 is 0 Å². The van der Waals surface area contributed by atoms with Crippen molar-refractivity contribution in [2.45, 2.75) is 0 Å². The van der Waals surface area contributed by atoms with E-state index in [9.17, 15) is 0 Å². The van der Waals surface area contributed by atoms with Crippen molar-refractivity contribution in [1.29, 1.82) is 0 Å². The van der Waals surface area contributed by atoms with Gasteiger partial charge in [-0.15, -0.1) is 0 Å². The first-order chi connectivity index (χ1) is 16.8. The molecule has 35 heavy (non-hydrogen) atoms. The van der Waals surface area contributed by atoms with Crippen molar-refractivity contribution in [2.75, 3.05) is 6.61 Å². The molecule has 0 amide bonds. The van der Waals surface area contributed by atoms with Crippen LogP contribution in [0.15, 0.2) is 78.9 Å². The molecule has 6 heterocycles. The summed E-state index contributed by atoms with van der Waals surface area (Å²) in [6.07, 6.45) is 12.2. The van der Waals surface area contributed by atoms with Crippen LogP contribution < -0.4 is 4.74 Å². The Morgan fingerprint density at radius 3 is 1.49 bits per heavy atom. The fraction of sp³-hybridized carbons (Fsp3) is 0.0345. The summed E-state index contributed by atoms with van der Waals surface area (Å²) in [6, 6.07) is 24.4. The van der Waals surface area contributed by atoms with Gasteiger partial charge < -0.3 is 14.7 Å². The average Bonchev–Trinajstić information content (AvgIpc) is 3.66. The first-order valence-corrected chi connectivity index (χ1v) is 11.2. The summed E-state index contributed by atoms with van der Waals surface area (Å²) in [5.41, 5.74) is 9.04. The Morgan fingerprint density at radius 1 is 0.571 bits per heavy atom. The van der Waals surface area contributed by atoms with Gasteiger partial charge in [0, 0.05) is 47.1 Å². The van der Waals surface area contributed by atoms with Gasteiger partial charge in [0.15, 0.2) is 0 Å². The molecular formula is C29H22N4OZn. The van der Waals surface area contributed by atoms with E-state index >= 15 is 0 Å². The van der Waals surface area contributed by atoms with Gasteiger partial charge in [0.25, 0.3) is 0 Å². The van der Waals surface area contributed by atoms with Crippen molar-refractivity contribution in [3.8, 4) is 5.75 Å². The van der Waals surface area contributed by atoms with Crippen molar-refractivity contribution >= 4 is 52.4 Å². The van der Waals surface area contributed by atoms with Crippen molar-refractivity contribution in [1.82, 2.24) is 19.9 Å². The molecule has 0 saturated heterocycles. The first kappa shape index (κ1) is 22.8. The predicted octanol–water partition coefficient (Wildman–Crippen LogP) is 6.75. The summed E-state index contributed by atoms with van der Waals surface area (Å²) in [5.74, 6) is 0.991. The van der Waals surface area contributed by atoms with Crippen LogP contribution in [0.2, 0.25) is 0 Å². The molecule has 3 aliphatic heterocycles. The fourth-order valence-corrected chi connectivity index (χ4v) is 4.01. The van der Waals surface area contributed by atoms with Gasteiger partial charge in [-0.25, -0.2) is 9.97 Å². The second-order valence-corrected chi connectivity index (χ2v) is 8.16. The summed E-state index contributed by atoms with van der Waals surface area (Å²) in [5, 5.41) is 0. The monoisotopic (exact) mass is 506 g/mol. The van der Waals surface area contributed by atoms with E-state index in [1.165, 1.54) is 5.56 Å². The van der Waals surface area contributed by atoms with Crippen LogP contribution in [-0.2, 0) is 19.5 Å². The maximum atomic E-state index is 5.34. The summed E-state index contributed by atoms with van der Waals surface area (Å²) >= 11 is 0. The zero-order valence-electron chi connectivity index (χ0n) is 19.1. The molecule has 0 unspecified atom stereocenters. The van der Waals surface area contributed by atoms with E-state index in [0.717, 1.165) is 50.6 Å². The van der Waals surface area contributed by atoms with Crippen LogP contribution in [0, 0.1) is 0 Å². The van der Waals surface area contributed by atoms with E-state index in [2.05, 4.69) is 50.3 Å². The van der Waals surface area contributed by atoms with Crippen LogP contribution in [0.1, 0.15) is 28.3 Å². The average molecular weight is 508 g/mol. The molecular weight excluding hydrogens is 486 g/mol. The van der Waals surface area contributed by atoms with Crippen molar-refractivity contribution in [2.24, 2.45) is 0 Å². The number of nitrogens with zero attached hydrogens (tertiary/aromatic N) is 2. The fourth-order valence-electron chi connectivity index (χ4n) is 4.01. The maximum Gasteiger partial charge on any atom is 0.126 e. The van der Waals surface area contributed by atoms with Crippen LogP contribution in [0.5, 0.6) is 5.75 Å². The van der Waals surface area contributed by atoms with Gasteiger partial charge in [-0.05, 0) is 85.0 Å². The Balaban J connectivity index is 0.000000194. The molecule has 3 aliphatic rings. The normalized spacial score (nSPS) is 12.7. The Morgan fingerprint density at radius 2 is 1.03 bits per heavy atom. The number of rotatable bonds is 0. The molecule has 6 heteroatoms. The Hall–Kier alpha value is -4.02. The minimum atomic E-state index is 0. The Labute approximate surface area is 215 Å². The maximum absolute atomic E-state index is 5.34. The standard InChI is InChI=1S/C20H14N4.C9H8O.Zn/c1-2-14-10-16-5-6-18(23-16)12-20-8-7-19(24-20)11-17-4-3-15(22-17)9-13(1)21-14;1-2-6-9-8(4-1)5-3-7-10-9;/h1-12,21,24H;1-6H,7H2;. The summed E-state index contributed by atoms with van der Waals surface area (Å²) in [6.45, 7) is 0.705. The Kier molecular flexibility index (Phi) is 6.56. The van der Waals surface area contributed by atoms with Crippen LogP contribution in [0.25, 0.3) is 52.4 Å². The molecule has 166 valence electrons. The topological polar surface area (TPSA) is 66.6 Å². The number of para-hydroxylation sites is 1. The summed E-state index contributed by atoms with van der Waals surface area (Å²) in [4.78, 5) is 16.0. The van der Waals surface area contributed by atoms with Crippen molar-refractivity contribution < 1.29 is 24.2 Å². The van der Waals surface area contributed by atoms with Gasteiger partial charge in [-0.3, -0.25) is 0 Å². The Bertz CT molecular complexity index is 1450. The van der Waals surface area contributed by atoms with Crippen LogP contribution >= 0.6 is 0 Å². The second-order valence-electron chi connectivity index (χ2n) is 8.16. The van der Waals surface area contributed by atoms with Gasteiger partial charge in [-0.1, -0.05) is 24.3 Å². The van der Waals surface area contributed by atoms with Crippen molar-refractivity contribution in [3.05, 3.63) is 107 Å². The molecule has 2 N–H and O–H groups in total. The number of aromatic amines is 2. The van der Waals surface area contributed by atoms with Gasteiger partial charge >= 0.3 is 0 Å². The number of aromatic nitrogens is 4. The first-order valence-electron chi connectivity index (χ1n) is 11.2. The number of ether oxygens (including phenoxy) is 1. The zero-order chi connectivity index (χ0) is 22.7. The van der Waals surface area contributed by atoms with E-state index in [1.807, 2.05) is 78.9 Å². The molecule has 0 fully saturated rings. The predicted molar refractivity (Wildman–Crippen MR) is 140 cm³/mol. The smallest absolute Gasteiger partial charge is 0.126 e.